The van der Waals surface area contributed by atoms with Gasteiger partial charge in [-0.25, -0.2) is 9.78 Å². The van der Waals surface area contributed by atoms with Gasteiger partial charge in [0.2, 0.25) is 6.08 Å². The molecule has 0 aliphatic carbocycles. The summed E-state index contributed by atoms with van der Waals surface area (Å²) in [5.41, 5.74) is 0. The summed E-state index contributed by atoms with van der Waals surface area (Å²) < 4.78 is 0.945. The summed E-state index contributed by atoms with van der Waals surface area (Å²) in [4.78, 5) is 17.4. The third-order valence-corrected chi connectivity index (χ3v) is 2.75. The van der Waals surface area contributed by atoms with Gasteiger partial charge in [0.25, 0.3) is 0 Å². The van der Waals surface area contributed by atoms with Gasteiger partial charge in [0, 0.05) is 0 Å². The second-order valence-electron chi connectivity index (χ2n) is 1.90. The van der Waals surface area contributed by atoms with E-state index in [0.29, 0.717) is 0 Å². The molecule has 0 aliphatic heterocycles. The molecule has 1 atom stereocenters. The fraction of sp³-hybridized carbons (Fsp3) is 0.333. The Bertz CT molecular complexity index is 293. The van der Waals surface area contributed by atoms with Crippen LogP contribution in [0.1, 0.15) is 18.0 Å². The number of hydrogen-bond donors (Lipinski definition) is 0. The van der Waals surface area contributed by atoms with E-state index in [4.69, 9.17) is 0 Å². The molecule has 3 nitrogen and oxygen atoms in total. The van der Waals surface area contributed by atoms with Gasteiger partial charge in [-0.05, 0) is 22.9 Å². The predicted octanol–water partition coefficient (Wildman–Crippen LogP) is 2.30. The second-order valence-corrected chi connectivity index (χ2v) is 4.34. The van der Waals surface area contributed by atoms with Gasteiger partial charge < -0.3 is 0 Å². The zero-order chi connectivity index (χ0) is 8.27. The predicted molar refractivity (Wildman–Crippen MR) is 46.4 cm³/mol. The molecule has 0 fully saturated rings. The van der Waals surface area contributed by atoms with Crippen molar-refractivity contribution in [3.05, 3.63) is 15.0 Å². The van der Waals surface area contributed by atoms with Gasteiger partial charge >= 0.3 is 0 Å². The van der Waals surface area contributed by atoms with E-state index in [9.17, 15) is 4.79 Å². The number of isocyanates is 1. The van der Waals surface area contributed by atoms with Crippen LogP contribution >= 0.6 is 27.3 Å². The number of halogens is 1. The van der Waals surface area contributed by atoms with Crippen molar-refractivity contribution in [1.82, 2.24) is 4.98 Å². The molecular weight excluding hydrogens is 228 g/mol. The molecule has 1 rings (SSSR count). The van der Waals surface area contributed by atoms with Crippen molar-refractivity contribution >= 4 is 33.3 Å². The van der Waals surface area contributed by atoms with Crippen LogP contribution in [-0.4, -0.2) is 11.1 Å². The van der Waals surface area contributed by atoms with Gasteiger partial charge in [-0.3, -0.25) is 0 Å². The fourth-order valence-corrected chi connectivity index (χ4v) is 1.83. The summed E-state index contributed by atoms with van der Waals surface area (Å²) in [5, 5.41) is 0.820. The van der Waals surface area contributed by atoms with E-state index in [1.54, 1.807) is 13.1 Å². The van der Waals surface area contributed by atoms with Crippen molar-refractivity contribution in [2.45, 2.75) is 13.0 Å². The minimum Gasteiger partial charge on any atom is -0.246 e. The smallest absolute Gasteiger partial charge is 0.235 e. The van der Waals surface area contributed by atoms with Gasteiger partial charge in [-0.15, -0.1) is 11.3 Å². The third kappa shape index (κ3) is 2.22. The fourth-order valence-electron chi connectivity index (χ4n) is 0.594. The number of carbonyl (C=O) groups excluding carboxylic acids is 1. The summed E-state index contributed by atoms with van der Waals surface area (Å²) >= 11 is 4.74. The highest BCUT2D eigenvalue weighted by Gasteiger charge is 2.06. The van der Waals surface area contributed by atoms with Crippen LogP contribution in [0.5, 0.6) is 0 Å². The zero-order valence-corrected chi connectivity index (χ0v) is 8.15. The number of aliphatic imine (C=N–C) groups is 1. The summed E-state index contributed by atoms with van der Waals surface area (Å²) in [7, 11) is 0. The minimum atomic E-state index is -0.177. The van der Waals surface area contributed by atoms with Gasteiger partial charge in [0.05, 0.1) is 9.98 Å². The molecule has 1 unspecified atom stereocenters. The Kier molecular flexibility index (Phi) is 2.93. The first-order chi connectivity index (χ1) is 5.24. The summed E-state index contributed by atoms with van der Waals surface area (Å²) in [6.07, 6.45) is 3.19. The average molecular weight is 233 g/mol. The van der Waals surface area contributed by atoms with E-state index < -0.39 is 0 Å². The number of thiazole rings is 1. The van der Waals surface area contributed by atoms with E-state index >= 15 is 0 Å². The van der Waals surface area contributed by atoms with E-state index in [1.165, 1.54) is 17.4 Å². The zero-order valence-electron chi connectivity index (χ0n) is 5.74. The molecule has 0 saturated carbocycles. The van der Waals surface area contributed by atoms with E-state index in [0.717, 1.165) is 8.79 Å². The lowest BCUT2D eigenvalue weighted by Crippen LogP contribution is -1.85. The molecule has 1 aromatic heterocycles. The normalized spacial score (nSPS) is 12.2. The largest absolute Gasteiger partial charge is 0.246 e. The second kappa shape index (κ2) is 3.76. The van der Waals surface area contributed by atoms with Gasteiger partial charge in [0.15, 0.2) is 0 Å². The lowest BCUT2D eigenvalue weighted by atomic mass is 10.4. The van der Waals surface area contributed by atoms with Crippen LogP contribution in [0.15, 0.2) is 15.0 Å². The first-order valence-corrected chi connectivity index (χ1v) is 4.53. The van der Waals surface area contributed by atoms with Crippen LogP contribution in [0.2, 0.25) is 0 Å². The molecule has 0 N–H and O–H groups in total. The van der Waals surface area contributed by atoms with E-state index in [2.05, 4.69) is 25.9 Å². The molecule has 0 bridgehead atoms. The molecule has 1 heterocycles. The SMILES string of the molecule is CC(N=C=O)c1ncc(Br)s1. The highest BCUT2D eigenvalue weighted by atomic mass is 79.9. The lowest BCUT2D eigenvalue weighted by molar-refractivity contribution is 0.559. The van der Waals surface area contributed by atoms with Crippen molar-refractivity contribution in [3.8, 4) is 0 Å². The Balaban J connectivity index is 2.84. The summed E-state index contributed by atoms with van der Waals surface area (Å²) in [6, 6.07) is -0.177. The quantitative estimate of drug-likeness (QED) is 0.581. The first-order valence-electron chi connectivity index (χ1n) is 2.92. The van der Waals surface area contributed by atoms with Crippen LogP contribution in [-0.2, 0) is 4.79 Å². The topological polar surface area (TPSA) is 42.3 Å². The van der Waals surface area contributed by atoms with Gasteiger partial charge in [-0.2, -0.15) is 4.99 Å². The van der Waals surface area contributed by atoms with Crippen molar-refractivity contribution in [2.24, 2.45) is 4.99 Å². The maximum absolute atomic E-state index is 9.87. The highest BCUT2D eigenvalue weighted by molar-refractivity contribution is 9.11. The molecule has 1 aromatic rings. The molecule has 11 heavy (non-hydrogen) atoms. The maximum atomic E-state index is 9.87. The van der Waals surface area contributed by atoms with Gasteiger partial charge in [-0.1, -0.05) is 0 Å². The standard InChI is InChI=1S/C6H5BrN2OS/c1-4(9-3-10)6-8-2-5(7)11-6/h2,4H,1H3. The summed E-state index contributed by atoms with van der Waals surface area (Å²) in [5.74, 6) is 0. The average Bonchev–Trinajstić information content (AvgIpc) is 2.36. The summed E-state index contributed by atoms with van der Waals surface area (Å²) in [6.45, 7) is 1.80. The van der Waals surface area contributed by atoms with Gasteiger partial charge in [0.1, 0.15) is 11.0 Å². The Morgan fingerprint density at radius 1 is 1.91 bits per heavy atom. The molecule has 0 aliphatic rings. The number of hydrogen-bond acceptors (Lipinski definition) is 4. The minimum absolute atomic E-state index is 0.177. The molecule has 0 amide bonds. The Morgan fingerprint density at radius 3 is 3.09 bits per heavy atom. The maximum Gasteiger partial charge on any atom is 0.235 e. The molecule has 0 radical (unpaired) electrons. The highest BCUT2D eigenvalue weighted by Crippen LogP contribution is 2.25. The molecule has 0 spiro atoms. The van der Waals surface area contributed by atoms with Crippen molar-refractivity contribution in [3.63, 3.8) is 0 Å². The number of nitrogens with zero attached hydrogens (tertiary/aromatic N) is 2. The number of rotatable bonds is 2. The van der Waals surface area contributed by atoms with E-state index in [1.807, 2.05) is 0 Å². The molecule has 0 aromatic carbocycles. The van der Waals surface area contributed by atoms with Crippen LogP contribution < -0.4 is 0 Å². The Hall–Kier alpha value is -0.510. The van der Waals surface area contributed by atoms with Crippen LogP contribution in [0, 0.1) is 0 Å². The van der Waals surface area contributed by atoms with Crippen molar-refractivity contribution in [1.29, 1.82) is 0 Å². The Morgan fingerprint density at radius 2 is 2.64 bits per heavy atom. The molecule has 5 heteroatoms. The van der Waals surface area contributed by atoms with Crippen molar-refractivity contribution in [2.75, 3.05) is 0 Å². The van der Waals surface area contributed by atoms with E-state index in [-0.39, 0.29) is 6.04 Å². The van der Waals surface area contributed by atoms with Crippen LogP contribution in [0.25, 0.3) is 0 Å². The van der Waals surface area contributed by atoms with Crippen LogP contribution in [0.3, 0.4) is 0 Å². The lowest BCUT2D eigenvalue weighted by Gasteiger charge is -1.94. The molecule has 58 valence electrons. The monoisotopic (exact) mass is 232 g/mol. The first kappa shape index (κ1) is 8.59. The van der Waals surface area contributed by atoms with Crippen LogP contribution in [0.4, 0.5) is 0 Å². The molecule has 0 saturated heterocycles. The third-order valence-electron chi connectivity index (χ3n) is 1.10. The van der Waals surface area contributed by atoms with Crippen molar-refractivity contribution < 1.29 is 4.79 Å². The molecular formula is C6H5BrN2OS. The Labute approximate surface area is 76.3 Å². The number of aromatic nitrogens is 1.